The van der Waals surface area contributed by atoms with Gasteiger partial charge in [-0.15, -0.1) is 0 Å². The molecule has 0 aliphatic rings. The second-order valence-corrected chi connectivity index (χ2v) is 6.54. The number of ether oxygens (including phenoxy) is 1. The van der Waals surface area contributed by atoms with Gasteiger partial charge in [-0.2, -0.15) is 0 Å². The zero-order chi connectivity index (χ0) is 16.0. The molecule has 0 aromatic heterocycles. The Morgan fingerprint density at radius 2 is 1.90 bits per heavy atom. The molecule has 0 atom stereocenters. The molecule has 0 amide bonds. The van der Waals surface area contributed by atoms with Crippen molar-refractivity contribution in [1.29, 1.82) is 0 Å². The molecule has 1 rings (SSSR count). The van der Waals surface area contributed by atoms with Crippen LogP contribution in [0.1, 0.15) is 12.5 Å². The van der Waals surface area contributed by atoms with Gasteiger partial charge in [0.1, 0.15) is 6.61 Å². The lowest BCUT2D eigenvalue weighted by atomic mass is 10.2. The molecular weight excluding hydrogens is 306 g/mol. The first-order chi connectivity index (χ1) is 9.75. The molecule has 5 nitrogen and oxygen atoms in total. The minimum absolute atomic E-state index is 0.0147. The highest BCUT2D eigenvalue weighted by molar-refractivity contribution is 7.91. The smallest absolute Gasteiger partial charge is 0.328 e. The Morgan fingerprint density at radius 1 is 1.33 bits per heavy atom. The highest BCUT2D eigenvalue weighted by Crippen LogP contribution is 2.24. The number of carboxylic acids is 1. The van der Waals surface area contributed by atoms with Crippen LogP contribution in [0.2, 0.25) is 0 Å². The summed E-state index contributed by atoms with van der Waals surface area (Å²) in [6.07, 6.45) is 1.77. The van der Waals surface area contributed by atoms with Crippen molar-refractivity contribution in [2.45, 2.75) is 6.92 Å². The van der Waals surface area contributed by atoms with Crippen LogP contribution in [0, 0.1) is 11.6 Å². The van der Waals surface area contributed by atoms with Gasteiger partial charge in [0.2, 0.25) is 0 Å². The Balaban J connectivity index is 2.83. The lowest BCUT2D eigenvalue weighted by Crippen LogP contribution is -2.16. The van der Waals surface area contributed by atoms with Crippen LogP contribution in [0.25, 0.3) is 6.08 Å². The molecular formula is C13H14F2O5S. The maximum Gasteiger partial charge on any atom is 0.328 e. The summed E-state index contributed by atoms with van der Waals surface area (Å²) in [6, 6.07) is 1.79. The normalized spacial score (nSPS) is 11.8. The van der Waals surface area contributed by atoms with Crippen molar-refractivity contribution >= 4 is 21.9 Å². The van der Waals surface area contributed by atoms with Gasteiger partial charge in [0, 0.05) is 11.8 Å². The largest absolute Gasteiger partial charge is 0.487 e. The molecule has 0 heterocycles. The number of aliphatic carboxylic acids is 1. The quantitative estimate of drug-likeness (QED) is 0.776. The van der Waals surface area contributed by atoms with Crippen molar-refractivity contribution in [2.24, 2.45) is 0 Å². The molecule has 0 saturated heterocycles. The average molecular weight is 320 g/mol. The monoisotopic (exact) mass is 320 g/mol. The first kappa shape index (κ1) is 17.1. The molecule has 0 unspecified atom stereocenters. The molecule has 8 heteroatoms. The Morgan fingerprint density at radius 3 is 2.38 bits per heavy atom. The Hall–Kier alpha value is -1.96. The van der Waals surface area contributed by atoms with Crippen LogP contribution < -0.4 is 4.74 Å². The van der Waals surface area contributed by atoms with Crippen LogP contribution >= 0.6 is 0 Å². The fourth-order valence-corrected chi connectivity index (χ4v) is 2.02. The summed E-state index contributed by atoms with van der Waals surface area (Å²) in [5, 5.41) is 8.43. The van der Waals surface area contributed by atoms with Gasteiger partial charge in [0.05, 0.1) is 5.75 Å². The van der Waals surface area contributed by atoms with Gasteiger partial charge in [0.15, 0.2) is 27.2 Å². The van der Waals surface area contributed by atoms with Crippen LogP contribution in [0.5, 0.6) is 5.75 Å². The number of halogens is 2. The number of benzene rings is 1. The third-order valence-corrected chi connectivity index (χ3v) is 4.19. The molecule has 0 spiro atoms. The van der Waals surface area contributed by atoms with Crippen LogP contribution in [-0.2, 0) is 14.6 Å². The molecule has 21 heavy (non-hydrogen) atoms. The van der Waals surface area contributed by atoms with Gasteiger partial charge in [0.25, 0.3) is 0 Å². The van der Waals surface area contributed by atoms with E-state index in [1.165, 1.54) is 6.92 Å². The van der Waals surface area contributed by atoms with Crippen LogP contribution in [0.4, 0.5) is 8.78 Å². The number of carbonyl (C=O) groups is 1. The van der Waals surface area contributed by atoms with E-state index in [0.29, 0.717) is 0 Å². The summed E-state index contributed by atoms with van der Waals surface area (Å²) in [7, 11) is -3.29. The molecule has 1 aromatic carbocycles. The van der Waals surface area contributed by atoms with E-state index in [2.05, 4.69) is 0 Å². The van der Waals surface area contributed by atoms with Crippen LogP contribution in [-0.4, -0.2) is 37.6 Å². The van der Waals surface area contributed by atoms with Crippen molar-refractivity contribution < 1.29 is 31.8 Å². The van der Waals surface area contributed by atoms with Crippen molar-refractivity contribution in [2.75, 3.05) is 18.1 Å². The standard InChI is InChI=1S/C13H14F2O5S/c1-2-21(18,19)6-5-20-13-10(14)7-9(8-11(13)15)3-4-12(16)17/h3-4,7-8H,2,5-6H2,1H3,(H,16,17). The Bertz CT molecular complexity index is 630. The second kappa shape index (κ2) is 7.16. The lowest BCUT2D eigenvalue weighted by molar-refractivity contribution is -0.131. The summed E-state index contributed by atoms with van der Waals surface area (Å²) < 4.78 is 54.6. The van der Waals surface area contributed by atoms with Gasteiger partial charge in [-0.3, -0.25) is 0 Å². The molecule has 0 saturated carbocycles. The van der Waals surface area contributed by atoms with Crippen molar-refractivity contribution in [3.05, 3.63) is 35.4 Å². The van der Waals surface area contributed by atoms with Gasteiger partial charge >= 0.3 is 5.97 Å². The Kier molecular flexibility index (Phi) is 5.83. The highest BCUT2D eigenvalue weighted by atomic mass is 32.2. The minimum atomic E-state index is -3.29. The fraction of sp³-hybridized carbons (Fsp3) is 0.308. The molecule has 0 aliphatic heterocycles. The number of hydrogen-bond acceptors (Lipinski definition) is 4. The van der Waals surface area contributed by atoms with E-state index in [0.717, 1.165) is 24.3 Å². The maximum absolute atomic E-state index is 13.6. The number of sulfone groups is 1. The third-order valence-electron chi connectivity index (χ3n) is 2.52. The van der Waals surface area contributed by atoms with E-state index >= 15 is 0 Å². The predicted molar refractivity (Wildman–Crippen MR) is 72.9 cm³/mol. The summed E-state index contributed by atoms with van der Waals surface area (Å²) in [5.74, 6) is -4.43. The lowest BCUT2D eigenvalue weighted by Gasteiger charge is -2.09. The molecule has 1 N–H and O–H groups in total. The molecule has 0 aliphatic carbocycles. The molecule has 116 valence electrons. The van der Waals surface area contributed by atoms with Gasteiger partial charge in [-0.1, -0.05) is 6.92 Å². The van der Waals surface area contributed by atoms with Crippen LogP contribution in [0.3, 0.4) is 0 Å². The zero-order valence-corrected chi connectivity index (χ0v) is 12.0. The summed E-state index contributed by atoms with van der Waals surface area (Å²) >= 11 is 0. The van der Waals surface area contributed by atoms with Crippen LogP contribution in [0.15, 0.2) is 18.2 Å². The van der Waals surface area contributed by atoms with E-state index in [4.69, 9.17) is 9.84 Å². The van der Waals surface area contributed by atoms with Gasteiger partial charge < -0.3 is 9.84 Å². The van der Waals surface area contributed by atoms with Crippen molar-refractivity contribution in [1.82, 2.24) is 0 Å². The average Bonchev–Trinajstić information content (AvgIpc) is 2.39. The third kappa shape index (κ3) is 5.50. The van der Waals surface area contributed by atoms with Gasteiger partial charge in [-0.25, -0.2) is 22.0 Å². The molecule has 1 aromatic rings. The molecule has 0 radical (unpaired) electrons. The Labute approximate surface area is 120 Å². The van der Waals surface area contributed by atoms with E-state index in [-0.39, 0.29) is 23.7 Å². The van der Waals surface area contributed by atoms with E-state index in [1.54, 1.807) is 0 Å². The molecule has 0 fully saturated rings. The maximum atomic E-state index is 13.6. The number of carboxylic acid groups (broad SMARTS) is 1. The zero-order valence-electron chi connectivity index (χ0n) is 11.2. The fourth-order valence-electron chi connectivity index (χ4n) is 1.40. The second-order valence-electron chi connectivity index (χ2n) is 4.07. The first-order valence-electron chi connectivity index (χ1n) is 5.98. The van der Waals surface area contributed by atoms with E-state index < -0.39 is 33.2 Å². The highest BCUT2D eigenvalue weighted by Gasteiger charge is 2.14. The summed E-state index contributed by atoms with van der Waals surface area (Å²) in [4.78, 5) is 10.3. The number of rotatable bonds is 7. The van der Waals surface area contributed by atoms with E-state index in [9.17, 15) is 22.0 Å². The summed E-state index contributed by atoms with van der Waals surface area (Å²) in [5.41, 5.74) is 0.0147. The minimum Gasteiger partial charge on any atom is -0.487 e. The van der Waals surface area contributed by atoms with Crippen molar-refractivity contribution in [3.8, 4) is 5.75 Å². The molecule has 0 bridgehead atoms. The summed E-state index contributed by atoms with van der Waals surface area (Å²) in [6.45, 7) is 1.09. The van der Waals surface area contributed by atoms with E-state index in [1.807, 2.05) is 0 Å². The topological polar surface area (TPSA) is 80.7 Å². The van der Waals surface area contributed by atoms with Gasteiger partial charge in [-0.05, 0) is 23.8 Å². The number of hydrogen-bond donors (Lipinski definition) is 1. The first-order valence-corrected chi connectivity index (χ1v) is 7.80. The SMILES string of the molecule is CCS(=O)(=O)CCOc1c(F)cc(C=CC(=O)O)cc1F. The predicted octanol–water partition coefficient (Wildman–Crippen LogP) is 1.88. The van der Waals surface area contributed by atoms with Crippen molar-refractivity contribution in [3.63, 3.8) is 0 Å².